The number of esters is 2. The van der Waals surface area contributed by atoms with Crippen molar-refractivity contribution >= 4 is 17.7 Å². The largest absolute Gasteiger partial charge is 0.508 e. The first-order valence-electron chi connectivity index (χ1n) is 10.3. The van der Waals surface area contributed by atoms with Crippen molar-refractivity contribution < 1.29 is 34.1 Å². The quantitative estimate of drug-likeness (QED) is 0.515. The number of ether oxygens (including phenoxy) is 2. The molecule has 0 saturated heterocycles. The summed E-state index contributed by atoms with van der Waals surface area (Å²) >= 11 is 0. The number of phenolic OH excluding ortho intramolecular Hbond substituents is 1. The van der Waals surface area contributed by atoms with Crippen LogP contribution in [0.4, 0.5) is 0 Å². The Kier molecular flexibility index (Phi) is 7.64. The van der Waals surface area contributed by atoms with Gasteiger partial charge in [0.05, 0.1) is 24.7 Å². The van der Waals surface area contributed by atoms with Crippen LogP contribution in [0.5, 0.6) is 5.75 Å². The van der Waals surface area contributed by atoms with Gasteiger partial charge in [0.25, 0.3) is 0 Å². The van der Waals surface area contributed by atoms with E-state index in [0.29, 0.717) is 5.56 Å². The Morgan fingerprint density at radius 3 is 2.20 bits per heavy atom. The van der Waals surface area contributed by atoms with Crippen molar-refractivity contribution in [1.82, 2.24) is 0 Å². The Morgan fingerprint density at radius 2 is 1.67 bits per heavy atom. The molecule has 4 atom stereocenters. The van der Waals surface area contributed by atoms with E-state index in [1.807, 2.05) is 27.7 Å². The maximum atomic E-state index is 13.0. The summed E-state index contributed by atoms with van der Waals surface area (Å²) in [5.74, 6) is -5.32. The molecule has 1 aromatic carbocycles. The van der Waals surface area contributed by atoms with Crippen LogP contribution in [0.25, 0.3) is 0 Å². The minimum Gasteiger partial charge on any atom is -0.508 e. The zero-order chi connectivity index (χ0) is 22.6. The van der Waals surface area contributed by atoms with Gasteiger partial charge >= 0.3 is 11.9 Å². The molecule has 1 fully saturated rings. The molecule has 0 unspecified atom stereocenters. The molecule has 0 heterocycles. The Bertz CT molecular complexity index is 782. The molecule has 0 amide bonds. The zero-order valence-electron chi connectivity index (χ0n) is 18.3. The van der Waals surface area contributed by atoms with Crippen molar-refractivity contribution in [3.63, 3.8) is 0 Å². The van der Waals surface area contributed by atoms with Gasteiger partial charge in [-0.3, -0.25) is 14.4 Å². The fourth-order valence-corrected chi connectivity index (χ4v) is 3.82. The number of ketones is 1. The van der Waals surface area contributed by atoms with Crippen LogP contribution in [0, 0.1) is 23.7 Å². The molecule has 0 aliphatic heterocycles. The highest BCUT2D eigenvalue weighted by molar-refractivity contribution is 6.02. The van der Waals surface area contributed by atoms with Crippen molar-refractivity contribution in [2.75, 3.05) is 13.2 Å². The fourth-order valence-electron chi connectivity index (χ4n) is 3.82. The average Bonchev–Trinajstić information content (AvgIpc) is 2.62. The summed E-state index contributed by atoms with van der Waals surface area (Å²) in [6, 6.07) is 6.02. The number of phenols is 1. The fraction of sp³-hybridized carbons (Fsp3) is 0.609. The molecule has 0 aromatic heterocycles. The molecule has 1 aromatic rings. The summed E-state index contributed by atoms with van der Waals surface area (Å²) in [6.07, 6.45) is -0.370. The highest BCUT2D eigenvalue weighted by Gasteiger charge is 2.57. The summed E-state index contributed by atoms with van der Waals surface area (Å²) in [7, 11) is 0. The topological polar surface area (TPSA) is 110 Å². The van der Waals surface area contributed by atoms with Crippen LogP contribution < -0.4 is 0 Å². The predicted molar refractivity (Wildman–Crippen MR) is 110 cm³/mol. The normalized spacial score (nSPS) is 26.7. The Hall–Kier alpha value is -2.41. The molecule has 2 rings (SSSR count). The number of rotatable bonds is 7. The van der Waals surface area contributed by atoms with E-state index >= 15 is 0 Å². The molecule has 0 radical (unpaired) electrons. The van der Waals surface area contributed by atoms with Gasteiger partial charge in [-0.1, -0.05) is 39.8 Å². The van der Waals surface area contributed by atoms with Crippen molar-refractivity contribution in [3.05, 3.63) is 29.8 Å². The van der Waals surface area contributed by atoms with E-state index in [2.05, 4.69) is 0 Å². The van der Waals surface area contributed by atoms with Crippen LogP contribution >= 0.6 is 0 Å². The van der Waals surface area contributed by atoms with E-state index < -0.39 is 41.1 Å². The molecule has 0 bridgehead atoms. The van der Waals surface area contributed by atoms with E-state index in [0.717, 1.165) is 0 Å². The van der Waals surface area contributed by atoms with Gasteiger partial charge in [-0.05, 0) is 36.5 Å². The molecule has 1 aliphatic carbocycles. The molecule has 2 N–H and O–H groups in total. The maximum Gasteiger partial charge on any atom is 0.317 e. The molecule has 7 nitrogen and oxygen atoms in total. The predicted octanol–water partition coefficient (Wildman–Crippen LogP) is 2.83. The molecule has 7 heteroatoms. The van der Waals surface area contributed by atoms with Gasteiger partial charge in [0.15, 0.2) is 5.78 Å². The number of benzene rings is 1. The first-order valence-corrected chi connectivity index (χ1v) is 10.3. The monoisotopic (exact) mass is 420 g/mol. The van der Waals surface area contributed by atoms with Crippen molar-refractivity contribution in [1.29, 1.82) is 0 Å². The first kappa shape index (κ1) is 23.9. The van der Waals surface area contributed by atoms with Crippen molar-refractivity contribution in [3.8, 4) is 5.75 Å². The second-order valence-electron chi connectivity index (χ2n) is 9.12. The van der Waals surface area contributed by atoms with Gasteiger partial charge in [0.2, 0.25) is 0 Å². The Morgan fingerprint density at radius 1 is 1.10 bits per heavy atom. The van der Waals surface area contributed by atoms with Crippen LogP contribution in [0.2, 0.25) is 0 Å². The third-order valence-electron chi connectivity index (χ3n) is 5.15. The number of carbonyl (C=O) groups excluding carboxylic acids is 3. The van der Waals surface area contributed by atoms with Gasteiger partial charge in [0.1, 0.15) is 11.7 Å². The molecular formula is C23H32O7. The first-order chi connectivity index (χ1) is 13.9. The second kappa shape index (κ2) is 9.60. The standard InChI is InChI=1S/C23H32O7/c1-13(2)11-29-21(26)19-17(25)10-23(5,28)20(22(27)30-12-14(3)4)18(19)15-7-6-8-16(24)9-15/h6-9,13-14,18-20,24,28H,10-12H2,1-5H3/t18-,19-,20+,23-/m0/s1. The van der Waals surface area contributed by atoms with Crippen LogP contribution in [-0.4, -0.2) is 46.7 Å². The summed E-state index contributed by atoms with van der Waals surface area (Å²) in [6.45, 7) is 9.20. The SMILES string of the molecule is CC(C)COC(=O)[C@H]1C(=O)C[C@](C)(O)[C@@H](C(=O)OCC(C)C)[C@H]1c1cccc(O)c1. The number of aromatic hydroxyl groups is 1. The highest BCUT2D eigenvalue weighted by Crippen LogP contribution is 2.47. The Balaban J connectivity index is 2.53. The lowest BCUT2D eigenvalue weighted by molar-refractivity contribution is -0.174. The number of carbonyl (C=O) groups is 3. The lowest BCUT2D eigenvalue weighted by Gasteiger charge is -2.43. The Labute approximate surface area is 177 Å². The highest BCUT2D eigenvalue weighted by atomic mass is 16.5. The van der Waals surface area contributed by atoms with Crippen LogP contribution in [-0.2, 0) is 23.9 Å². The van der Waals surface area contributed by atoms with E-state index in [1.54, 1.807) is 12.1 Å². The van der Waals surface area contributed by atoms with Crippen LogP contribution in [0.15, 0.2) is 24.3 Å². The maximum absolute atomic E-state index is 13.0. The lowest BCUT2D eigenvalue weighted by atomic mass is 9.61. The van der Waals surface area contributed by atoms with Gasteiger partial charge in [0, 0.05) is 12.3 Å². The van der Waals surface area contributed by atoms with E-state index in [9.17, 15) is 24.6 Å². The number of hydrogen-bond acceptors (Lipinski definition) is 7. The zero-order valence-corrected chi connectivity index (χ0v) is 18.3. The van der Waals surface area contributed by atoms with E-state index in [4.69, 9.17) is 9.47 Å². The average molecular weight is 421 g/mol. The molecule has 166 valence electrons. The number of hydrogen-bond donors (Lipinski definition) is 2. The minimum atomic E-state index is -1.71. The molecule has 30 heavy (non-hydrogen) atoms. The molecule has 1 aliphatic rings. The van der Waals surface area contributed by atoms with Crippen LogP contribution in [0.3, 0.4) is 0 Å². The van der Waals surface area contributed by atoms with Gasteiger partial charge in [-0.2, -0.15) is 0 Å². The van der Waals surface area contributed by atoms with E-state index in [-0.39, 0.29) is 37.2 Å². The molecule has 1 saturated carbocycles. The summed E-state index contributed by atoms with van der Waals surface area (Å²) in [4.78, 5) is 38.8. The second-order valence-corrected chi connectivity index (χ2v) is 9.12. The molecular weight excluding hydrogens is 388 g/mol. The summed E-state index contributed by atoms with van der Waals surface area (Å²) in [5.41, 5.74) is -1.32. The van der Waals surface area contributed by atoms with Gasteiger partial charge in [-0.25, -0.2) is 0 Å². The molecule has 0 spiro atoms. The number of aliphatic hydroxyl groups is 1. The van der Waals surface area contributed by atoms with Crippen LogP contribution in [0.1, 0.15) is 52.5 Å². The third-order valence-corrected chi connectivity index (χ3v) is 5.15. The van der Waals surface area contributed by atoms with Crippen molar-refractivity contribution in [2.24, 2.45) is 23.7 Å². The van der Waals surface area contributed by atoms with Gasteiger partial charge in [-0.15, -0.1) is 0 Å². The smallest absolute Gasteiger partial charge is 0.317 e. The minimum absolute atomic E-state index is 0.0711. The third kappa shape index (κ3) is 5.59. The lowest BCUT2D eigenvalue weighted by Crippen LogP contribution is -2.55. The van der Waals surface area contributed by atoms with Gasteiger partial charge < -0.3 is 19.7 Å². The summed E-state index contributed by atoms with van der Waals surface area (Å²) in [5, 5.41) is 21.0. The van der Waals surface area contributed by atoms with Crippen molar-refractivity contribution in [2.45, 2.75) is 52.6 Å². The number of Topliss-reactive ketones (excluding diaryl/α,β-unsaturated/α-hetero) is 1. The van der Waals surface area contributed by atoms with E-state index in [1.165, 1.54) is 19.1 Å². The summed E-state index contributed by atoms with van der Waals surface area (Å²) < 4.78 is 10.7.